The molecule has 0 saturated carbocycles. The molecule has 0 spiro atoms. The van der Waals surface area contributed by atoms with E-state index in [1.165, 1.54) is 11.1 Å². The van der Waals surface area contributed by atoms with Crippen LogP contribution in [0.3, 0.4) is 0 Å². The molecule has 6 nitrogen and oxygen atoms in total. The van der Waals surface area contributed by atoms with Gasteiger partial charge in [0.15, 0.2) is 5.76 Å². The van der Waals surface area contributed by atoms with E-state index in [-0.39, 0.29) is 0 Å². The number of ether oxygens (including phenoxy) is 1. The number of hydrogen-bond donors (Lipinski definition) is 0. The van der Waals surface area contributed by atoms with Crippen molar-refractivity contribution in [2.24, 2.45) is 7.05 Å². The minimum absolute atomic E-state index is 0.767. The first-order valence-electron chi connectivity index (χ1n) is 8.54. The Morgan fingerprint density at radius 3 is 2.92 bits per heavy atom. The zero-order valence-corrected chi connectivity index (χ0v) is 14.6. The minimum Gasteiger partial charge on any atom is -0.496 e. The second-order valence-electron chi connectivity index (χ2n) is 6.46. The van der Waals surface area contributed by atoms with E-state index in [4.69, 9.17) is 9.26 Å². The molecular formula is C19H22N4O2. The molecule has 130 valence electrons. The van der Waals surface area contributed by atoms with Gasteiger partial charge < -0.3 is 9.26 Å². The van der Waals surface area contributed by atoms with Crippen LogP contribution in [-0.4, -0.2) is 40.0 Å². The number of aromatic nitrogens is 3. The Labute approximate surface area is 147 Å². The topological polar surface area (TPSA) is 56.3 Å². The summed E-state index contributed by atoms with van der Waals surface area (Å²) in [5.41, 5.74) is 4.53. The van der Waals surface area contributed by atoms with Gasteiger partial charge in [-0.25, -0.2) is 0 Å². The molecule has 1 aromatic carbocycles. The normalized spacial score (nSPS) is 15.0. The Morgan fingerprint density at radius 1 is 1.24 bits per heavy atom. The van der Waals surface area contributed by atoms with E-state index in [1.54, 1.807) is 18.0 Å². The molecule has 3 aromatic rings. The van der Waals surface area contributed by atoms with Crippen molar-refractivity contribution in [3.05, 3.63) is 53.5 Å². The van der Waals surface area contributed by atoms with Crippen LogP contribution >= 0.6 is 0 Å². The first-order valence-corrected chi connectivity index (χ1v) is 8.54. The zero-order valence-electron chi connectivity index (χ0n) is 14.6. The highest BCUT2D eigenvalue weighted by Gasteiger charge is 2.18. The smallest absolute Gasteiger partial charge is 0.151 e. The molecular weight excluding hydrogens is 316 g/mol. The number of benzene rings is 1. The highest BCUT2D eigenvalue weighted by molar-refractivity contribution is 5.56. The van der Waals surface area contributed by atoms with Crippen LogP contribution in [0.15, 0.2) is 41.2 Å². The fraction of sp³-hybridized carbons (Fsp3) is 0.368. The van der Waals surface area contributed by atoms with Crippen LogP contribution < -0.4 is 4.74 Å². The lowest BCUT2D eigenvalue weighted by Crippen LogP contribution is -2.25. The second kappa shape index (κ2) is 6.72. The van der Waals surface area contributed by atoms with Crippen molar-refractivity contribution in [3.63, 3.8) is 0 Å². The van der Waals surface area contributed by atoms with Crippen molar-refractivity contribution in [1.82, 2.24) is 19.8 Å². The van der Waals surface area contributed by atoms with Crippen LogP contribution in [0.5, 0.6) is 5.75 Å². The SMILES string of the molecule is COc1cccc2c1CCN(Cc1cc(-c3cnn(C)c3)no1)CC2. The maximum atomic E-state index is 5.54. The van der Waals surface area contributed by atoms with Crippen LogP contribution in [0.25, 0.3) is 11.3 Å². The number of aryl methyl sites for hydroxylation is 1. The molecule has 0 fully saturated rings. The average Bonchev–Trinajstić information content (AvgIpc) is 3.20. The average molecular weight is 338 g/mol. The third kappa shape index (κ3) is 3.30. The summed E-state index contributed by atoms with van der Waals surface area (Å²) in [5.74, 6) is 1.88. The van der Waals surface area contributed by atoms with Crippen LogP contribution in [0.1, 0.15) is 16.9 Å². The third-order valence-electron chi connectivity index (χ3n) is 4.76. The van der Waals surface area contributed by atoms with Gasteiger partial charge in [-0.1, -0.05) is 17.3 Å². The van der Waals surface area contributed by atoms with E-state index in [0.717, 1.165) is 55.2 Å². The van der Waals surface area contributed by atoms with Gasteiger partial charge in [0.05, 0.1) is 19.9 Å². The molecule has 0 saturated heterocycles. The van der Waals surface area contributed by atoms with E-state index >= 15 is 0 Å². The summed E-state index contributed by atoms with van der Waals surface area (Å²) < 4.78 is 12.8. The van der Waals surface area contributed by atoms with Gasteiger partial charge >= 0.3 is 0 Å². The predicted molar refractivity (Wildman–Crippen MR) is 94.4 cm³/mol. The maximum absolute atomic E-state index is 5.54. The largest absolute Gasteiger partial charge is 0.496 e. The van der Waals surface area contributed by atoms with E-state index in [9.17, 15) is 0 Å². The van der Waals surface area contributed by atoms with E-state index in [1.807, 2.05) is 25.4 Å². The Bertz CT molecular complexity index is 868. The fourth-order valence-corrected chi connectivity index (χ4v) is 3.44. The van der Waals surface area contributed by atoms with E-state index in [2.05, 4.69) is 27.3 Å². The van der Waals surface area contributed by atoms with Gasteiger partial charge in [-0.15, -0.1) is 0 Å². The van der Waals surface area contributed by atoms with Crippen molar-refractivity contribution < 1.29 is 9.26 Å². The molecule has 3 heterocycles. The summed E-state index contributed by atoms with van der Waals surface area (Å²) in [7, 11) is 3.64. The number of nitrogens with zero attached hydrogens (tertiary/aromatic N) is 4. The Hall–Kier alpha value is -2.60. The predicted octanol–water partition coefficient (Wildman–Crippen LogP) is 2.68. The quantitative estimate of drug-likeness (QED) is 0.732. The van der Waals surface area contributed by atoms with Gasteiger partial charge in [-0.05, 0) is 30.0 Å². The molecule has 4 rings (SSSR count). The van der Waals surface area contributed by atoms with Crippen LogP contribution in [0.4, 0.5) is 0 Å². The highest BCUT2D eigenvalue weighted by Crippen LogP contribution is 2.26. The van der Waals surface area contributed by atoms with Crippen molar-refractivity contribution in [2.75, 3.05) is 20.2 Å². The first-order chi connectivity index (χ1) is 12.2. The fourth-order valence-electron chi connectivity index (χ4n) is 3.44. The molecule has 0 bridgehead atoms. The summed E-state index contributed by atoms with van der Waals surface area (Å²) in [6.45, 7) is 2.75. The molecule has 0 aliphatic carbocycles. The Morgan fingerprint density at radius 2 is 2.12 bits per heavy atom. The van der Waals surface area contributed by atoms with Crippen molar-refractivity contribution >= 4 is 0 Å². The van der Waals surface area contributed by atoms with Crippen LogP contribution in [0, 0.1) is 0 Å². The molecule has 1 aliphatic rings. The third-order valence-corrected chi connectivity index (χ3v) is 4.76. The van der Waals surface area contributed by atoms with E-state index < -0.39 is 0 Å². The molecule has 0 unspecified atom stereocenters. The first kappa shape index (κ1) is 15.9. The molecule has 2 aromatic heterocycles. The van der Waals surface area contributed by atoms with Gasteiger partial charge in [-0.3, -0.25) is 9.58 Å². The molecule has 0 radical (unpaired) electrons. The summed E-state index contributed by atoms with van der Waals surface area (Å²) >= 11 is 0. The molecule has 0 amide bonds. The highest BCUT2D eigenvalue weighted by atomic mass is 16.5. The van der Waals surface area contributed by atoms with Crippen LogP contribution in [-0.2, 0) is 26.4 Å². The molecule has 0 N–H and O–H groups in total. The Kier molecular flexibility index (Phi) is 4.28. The number of hydrogen-bond acceptors (Lipinski definition) is 5. The Balaban J connectivity index is 1.45. The van der Waals surface area contributed by atoms with Gasteiger partial charge in [0.2, 0.25) is 0 Å². The summed E-state index contributed by atoms with van der Waals surface area (Å²) in [4.78, 5) is 2.41. The maximum Gasteiger partial charge on any atom is 0.151 e. The molecule has 1 aliphatic heterocycles. The number of rotatable bonds is 4. The van der Waals surface area contributed by atoms with E-state index in [0.29, 0.717) is 0 Å². The van der Waals surface area contributed by atoms with Gasteiger partial charge in [0.25, 0.3) is 0 Å². The summed E-state index contributed by atoms with van der Waals surface area (Å²) in [6, 6.07) is 8.33. The van der Waals surface area contributed by atoms with Crippen molar-refractivity contribution in [2.45, 2.75) is 19.4 Å². The van der Waals surface area contributed by atoms with Gasteiger partial charge in [-0.2, -0.15) is 5.10 Å². The second-order valence-corrected chi connectivity index (χ2v) is 6.46. The molecule has 6 heteroatoms. The van der Waals surface area contributed by atoms with Crippen molar-refractivity contribution in [3.8, 4) is 17.0 Å². The number of methoxy groups -OCH3 is 1. The lowest BCUT2D eigenvalue weighted by molar-refractivity contribution is 0.240. The summed E-state index contributed by atoms with van der Waals surface area (Å²) in [6.07, 6.45) is 5.76. The molecule has 0 atom stereocenters. The minimum atomic E-state index is 0.767. The molecule has 25 heavy (non-hydrogen) atoms. The standard InChI is InChI=1S/C19H22N4O2/c1-22-12-15(11-20-22)18-10-16(25-21-18)13-23-8-6-14-4-3-5-19(24-2)17(14)7-9-23/h3-5,10-12H,6-9,13H2,1-2H3. The van der Waals surface area contributed by atoms with Crippen LogP contribution in [0.2, 0.25) is 0 Å². The van der Waals surface area contributed by atoms with Crippen molar-refractivity contribution in [1.29, 1.82) is 0 Å². The number of fused-ring (bicyclic) bond motifs is 1. The lowest BCUT2D eigenvalue weighted by atomic mass is 10.0. The lowest BCUT2D eigenvalue weighted by Gasteiger charge is -2.17. The summed E-state index contributed by atoms with van der Waals surface area (Å²) in [5, 5.41) is 8.36. The van der Waals surface area contributed by atoms with Gasteiger partial charge in [0, 0.05) is 38.0 Å². The monoisotopic (exact) mass is 338 g/mol. The van der Waals surface area contributed by atoms with Gasteiger partial charge in [0.1, 0.15) is 11.4 Å². The zero-order chi connectivity index (χ0) is 17.2.